The minimum absolute atomic E-state index is 0.0716. The van der Waals surface area contributed by atoms with E-state index in [-0.39, 0.29) is 5.69 Å². The van der Waals surface area contributed by atoms with E-state index in [0.29, 0.717) is 5.02 Å². The Morgan fingerprint density at radius 2 is 2.04 bits per heavy atom. The molecule has 0 saturated carbocycles. The topological polar surface area (TPSA) is 70.7 Å². The molecule has 0 spiro atoms. The van der Waals surface area contributed by atoms with Gasteiger partial charge in [0.2, 0.25) is 0 Å². The normalized spacial score (nSPS) is 11.9. The maximum atomic E-state index is 13.0. The van der Waals surface area contributed by atoms with Crippen LogP contribution < -0.4 is 5.32 Å². The highest BCUT2D eigenvalue weighted by molar-refractivity contribution is 6.30. The van der Waals surface area contributed by atoms with Crippen molar-refractivity contribution in [2.75, 3.05) is 5.32 Å². The van der Waals surface area contributed by atoms with Crippen LogP contribution in [0.25, 0.3) is 0 Å². The van der Waals surface area contributed by atoms with Crippen LogP contribution in [0.3, 0.4) is 0 Å². The largest absolute Gasteiger partial charge is 0.417 e. The Balaban J connectivity index is 2.31. The van der Waals surface area contributed by atoms with Crippen LogP contribution in [0, 0.1) is 11.3 Å². The van der Waals surface area contributed by atoms with E-state index in [9.17, 15) is 18.0 Å². The highest BCUT2D eigenvalue weighted by Crippen LogP contribution is 2.33. The summed E-state index contributed by atoms with van der Waals surface area (Å²) < 4.78 is 40.2. The zero-order valence-corrected chi connectivity index (χ0v) is 13.4. The zero-order valence-electron chi connectivity index (χ0n) is 12.6. The first-order valence-corrected chi connectivity index (χ1v) is 7.07. The average Bonchev–Trinajstić information content (AvgIpc) is 2.93. The van der Waals surface area contributed by atoms with E-state index in [1.807, 2.05) is 0 Å². The number of carbonyl (C=O) groups excluding carboxylic acids is 1. The number of anilines is 1. The Hall–Kier alpha value is -2.53. The second-order valence-electron chi connectivity index (χ2n) is 5.49. The molecule has 1 N–H and O–H groups in total. The summed E-state index contributed by atoms with van der Waals surface area (Å²) in [6.45, 7) is 3.08. The van der Waals surface area contributed by atoms with Crippen LogP contribution in [0.5, 0.6) is 0 Å². The van der Waals surface area contributed by atoms with E-state index in [2.05, 4.69) is 10.4 Å². The Bertz CT molecular complexity index is 821. The third-order valence-corrected chi connectivity index (χ3v) is 3.58. The van der Waals surface area contributed by atoms with Crippen molar-refractivity contribution in [2.24, 2.45) is 0 Å². The molecule has 24 heavy (non-hydrogen) atoms. The number of alkyl halides is 3. The number of benzene rings is 1. The van der Waals surface area contributed by atoms with Crippen LogP contribution in [0.4, 0.5) is 18.9 Å². The van der Waals surface area contributed by atoms with E-state index in [1.54, 1.807) is 13.8 Å². The van der Waals surface area contributed by atoms with Gasteiger partial charge in [-0.3, -0.25) is 9.48 Å². The number of nitrogens with zero attached hydrogens (tertiary/aromatic N) is 3. The van der Waals surface area contributed by atoms with Crippen LogP contribution in [0.15, 0.2) is 30.6 Å². The van der Waals surface area contributed by atoms with E-state index in [0.717, 1.165) is 12.1 Å². The highest BCUT2D eigenvalue weighted by Gasteiger charge is 2.35. The Morgan fingerprint density at radius 3 is 2.54 bits per heavy atom. The number of hydrogen-bond donors (Lipinski definition) is 1. The minimum Gasteiger partial charge on any atom is -0.324 e. The SMILES string of the molecule is CC(C)(C(=O)Nc1ccc(C#N)c(C(F)(F)F)c1)n1cc(Cl)cn1. The van der Waals surface area contributed by atoms with E-state index in [4.69, 9.17) is 16.9 Å². The molecule has 0 atom stereocenters. The first-order chi connectivity index (χ1) is 11.1. The summed E-state index contributed by atoms with van der Waals surface area (Å²) >= 11 is 5.77. The van der Waals surface area contributed by atoms with Crippen molar-refractivity contribution < 1.29 is 18.0 Å². The second kappa shape index (κ2) is 6.17. The fraction of sp³-hybridized carbons (Fsp3) is 0.267. The molecule has 0 saturated heterocycles. The van der Waals surface area contributed by atoms with Gasteiger partial charge < -0.3 is 5.32 Å². The van der Waals surface area contributed by atoms with Crippen LogP contribution in [0.2, 0.25) is 5.02 Å². The lowest BCUT2D eigenvalue weighted by atomic mass is 10.0. The standard InChI is InChI=1S/C15H12ClF3N4O/c1-14(2,23-8-10(16)7-21-23)13(24)22-11-4-3-9(6-20)12(5-11)15(17,18)19/h3-5,7-8H,1-2H3,(H,22,24). The van der Waals surface area contributed by atoms with E-state index >= 15 is 0 Å². The van der Waals surface area contributed by atoms with Gasteiger partial charge in [0.05, 0.1) is 28.4 Å². The number of nitriles is 1. The second-order valence-corrected chi connectivity index (χ2v) is 5.92. The predicted molar refractivity (Wildman–Crippen MR) is 81.3 cm³/mol. The maximum absolute atomic E-state index is 13.0. The number of rotatable bonds is 3. The molecule has 0 aliphatic heterocycles. The van der Waals surface area contributed by atoms with Crippen molar-refractivity contribution in [1.29, 1.82) is 5.26 Å². The van der Waals surface area contributed by atoms with Crippen molar-refractivity contribution in [2.45, 2.75) is 25.6 Å². The lowest BCUT2D eigenvalue weighted by molar-refractivity contribution is -0.137. The van der Waals surface area contributed by atoms with Crippen LogP contribution in [-0.4, -0.2) is 15.7 Å². The van der Waals surface area contributed by atoms with Crippen LogP contribution >= 0.6 is 11.6 Å². The quantitative estimate of drug-likeness (QED) is 0.909. The third kappa shape index (κ3) is 3.51. The van der Waals surface area contributed by atoms with E-state index in [1.165, 1.54) is 29.2 Å². The Morgan fingerprint density at radius 1 is 1.38 bits per heavy atom. The molecule has 2 aromatic rings. The molecular formula is C15H12ClF3N4O. The molecule has 2 rings (SSSR count). The number of amides is 1. The summed E-state index contributed by atoms with van der Waals surface area (Å²) in [5, 5.41) is 15.4. The van der Waals surface area contributed by atoms with Crippen LogP contribution in [0.1, 0.15) is 25.0 Å². The molecule has 1 aromatic carbocycles. The van der Waals surface area contributed by atoms with Gasteiger partial charge in [0.25, 0.3) is 5.91 Å². The highest BCUT2D eigenvalue weighted by atomic mass is 35.5. The molecule has 0 aliphatic rings. The fourth-order valence-electron chi connectivity index (χ4n) is 1.95. The summed E-state index contributed by atoms with van der Waals surface area (Å²) in [6, 6.07) is 4.45. The number of halogens is 4. The van der Waals surface area contributed by atoms with Gasteiger partial charge in [-0.05, 0) is 32.0 Å². The van der Waals surface area contributed by atoms with Gasteiger partial charge in [0.15, 0.2) is 0 Å². The molecule has 0 aliphatic carbocycles. The predicted octanol–water partition coefficient (Wildman–Crippen LogP) is 3.80. The minimum atomic E-state index is -4.70. The molecular weight excluding hydrogens is 345 g/mol. The molecule has 9 heteroatoms. The zero-order chi connectivity index (χ0) is 18.1. The molecule has 1 heterocycles. The lowest BCUT2D eigenvalue weighted by Gasteiger charge is -2.24. The number of carbonyl (C=O) groups is 1. The molecule has 0 radical (unpaired) electrons. The molecule has 0 bridgehead atoms. The van der Waals surface area contributed by atoms with Gasteiger partial charge in [-0.15, -0.1) is 0 Å². The number of nitrogens with one attached hydrogen (secondary N) is 1. The van der Waals surface area contributed by atoms with Gasteiger partial charge in [-0.2, -0.15) is 23.5 Å². The molecule has 0 unspecified atom stereocenters. The lowest BCUT2D eigenvalue weighted by Crippen LogP contribution is -2.40. The summed E-state index contributed by atoms with van der Waals surface area (Å²) in [7, 11) is 0. The van der Waals surface area contributed by atoms with E-state index < -0.39 is 28.7 Å². The van der Waals surface area contributed by atoms with Gasteiger partial charge in [0.1, 0.15) is 5.54 Å². The summed E-state index contributed by atoms with van der Waals surface area (Å²) in [4.78, 5) is 12.4. The number of hydrogen-bond acceptors (Lipinski definition) is 3. The van der Waals surface area contributed by atoms with Gasteiger partial charge in [-0.25, -0.2) is 0 Å². The van der Waals surface area contributed by atoms with Gasteiger partial charge in [-0.1, -0.05) is 11.6 Å². The Kier molecular flexibility index (Phi) is 4.58. The fourth-order valence-corrected chi connectivity index (χ4v) is 2.08. The summed E-state index contributed by atoms with van der Waals surface area (Å²) in [6.07, 6.45) is -1.92. The van der Waals surface area contributed by atoms with Crippen molar-refractivity contribution in [3.05, 3.63) is 46.7 Å². The summed E-state index contributed by atoms with van der Waals surface area (Å²) in [5.41, 5.74) is -2.88. The third-order valence-electron chi connectivity index (χ3n) is 3.38. The van der Waals surface area contributed by atoms with Crippen molar-refractivity contribution in [3.8, 4) is 6.07 Å². The average molecular weight is 357 g/mol. The van der Waals surface area contributed by atoms with Crippen LogP contribution in [-0.2, 0) is 16.5 Å². The molecule has 1 aromatic heterocycles. The molecule has 126 valence electrons. The first-order valence-electron chi connectivity index (χ1n) is 6.69. The smallest absolute Gasteiger partial charge is 0.324 e. The monoisotopic (exact) mass is 356 g/mol. The van der Waals surface area contributed by atoms with Crippen molar-refractivity contribution >= 4 is 23.2 Å². The maximum Gasteiger partial charge on any atom is 0.417 e. The molecule has 5 nitrogen and oxygen atoms in total. The van der Waals surface area contributed by atoms with Crippen molar-refractivity contribution in [1.82, 2.24) is 9.78 Å². The Labute approximate surface area is 140 Å². The van der Waals surface area contributed by atoms with Crippen molar-refractivity contribution in [3.63, 3.8) is 0 Å². The van der Waals surface area contributed by atoms with Gasteiger partial charge >= 0.3 is 6.18 Å². The summed E-state index contributed by atoms with van der Waals surface area (Å²) in [5.74, 6) is -0.583. The molecule has 0 fully saturated rings. The first kappa shape index (κ1) is 17.8. The number of aromatic nitrogens is 2. The van der Waals surface area contributed by atoms with Gasteiger partial charge in [0, 0.05) is 11.9 Å². The molecule has 1 amide bonds.